The monoisotopic (exact) mass is 288 g/mol. The molecule has 6 heteroatoms. The lowest BCUT2D eigenvalue weighted by atomic mass is 10.0. The first kappa shape index (κ1) is 13.6. The van der Waals surface area contributed by atoms with Crippen LogP contribution in [-0.4, -0.2) is 27.9 Å². The van der Waals surface area contributed by atoms with Crippen molar-refractivity contribution in [2.24, 2.45) is 0 Å². The molecule has 1 aliphatic heterocycles. The van der Waals surface area contributed by atoms with Crippen LogP contribution in [0.1, 0.15) is 13.3 Å². The molecule has 2 N–H and O–H groups in total. The predicted octanol–water partition coefficient (Wildman–Crippen LogP) is 1.04. The molecule has 0 spiro atoms. The number of aromatic amines is 1. The number of aromatic nitrogens is 2. The Morgan fingerprint density at radius 1 is 1.29 bits per heavy atom. The molecule has 0 saturated carbocycles. The van der Waals surface area contributed by atoms with E-state index in [1.54, 1.807) is 24.3 Å². The third kappa shape index (κ3) is 2.17. The molecular weight excluding hydrogens is 272 g/mol. The molecule has 1 atom stereocenters. The van der Waals surface area contributed by atoms with Crippen LogP contribution in [0.15, 0.2) is 39.9 Å². The first-order valence-electron chi connectivity index (χ1n) is 6.75. The van der Waals surface area contributed by atoms with Gasteiger partial charge in [-0.05, 0) is 18.9 Å². The molecule has 0 aliphatic carbocycles. The summed E-state index contributed by atoms with van der Waals surface area (Å²) in [6.45, 7) is 2.66. The summed E-state index contributed by atoms with van der Waals surface area (Å²) in [5.41, 5.74) is -1.21. The second-order valence-corrected chi connectivity index (χ2v) is 5.46. The van der Waals surface area contributed by atoms with Gasteiger partial charge in [-0.1, -0.05) is 30.3 Å². The van der Waals surface area contributed by atoms with E-state index in [0.717, 1.165) is 0 Å². The summed E-state index contributed by atoms with van der Waals surface area (Å²) in [5.74, 6) is -0.317. The number of aromatic hydroxyl groups is 1. The zero-order valence-corrected chi connectivity index (χ0v) is 11.6. The molecule has 1 fully saturated rings. The van der Waals surface area contributed by atoms with Crippen LogP contribution in [0, 0.1) is 0 Å². The van der Waals surface area contributed by atoms with E-state index >= 15 is 0 Å². The number of nitrogens with zero attached hydrogens (tertiary/aromatic N) is 1. The molecule has 21 heavy (non-hydrogen) atoms. The van der Waals surface area contributed by atoms with Gasteiger partial charge < -0.3 is 9.84 Å². The molecule has 3 rings (SSSR count). The van der Waals surface area contributed by atoms with Crippen LogP contribution in [0.3, 0.4) is 0 Å². The highest BCUT2D eigenvalue weighted by Crippen LogP contribution is 2.32. The van der Waals surface area contributed by atoms with E-state index in [1.165, 1.54) is 4.57 Å². The van der Waals surface area contributed by atoms with E-state index in [0.29, 0.717) is 25.2 Å². The number of hydrogen-bond donors (Lipinski definition) is 2. The molecule has 0 bridgehead atoms. The standard InChI is InChI=1S/C15H16N2O4/c1-15(7-8-21-9-15)17-13(19)11(12(18)16-14(17)20)10-5-3-2-4-6-10/h2-6,19H,7-9H2,1H3,(H,16,18,20). The molecule has 1 aliphatic rings. The number of hydrogen-bond acceptors (Lipinski definition) is 4. The third-order valence-electron chi connectivity index (χ3n) is 3.89. The maximum absolute atomic E-state index is 12.1. The second-order valence-electron chi connectivity index (χ2n) is 5.46. The number of nitrogens with one attached hydrogen (secondary N) is 1. The van der Waals surface area contributed by atoms with Crippen molar-refractivity contribution in [3.05, 3.63) is 51.2 Å². The van der Waals surface area contributed by atoms with Gasteiger partial charge in [-0.2, -0.15) is 0 Å². The Balaban J connectivity index is 2.29. The number of rotatable bonds is 2. The van der Waals surface area contributed by atoms with Crippen molar-refractivity contribution in [1.29, 1.82) is 0 Å². The van der Waals surface area contributed by atoms with E-state index in [1.807, 2.05) is 13.0 Å². The molecule has 1 aromatic carbocycles. The number of H-pyrrole nitrogens is 1. The molecule has 6 nitrogen and oxygen atoms in total. The summed E-state index contributed by atoms with van der Waals surface area (Å²) in [6.07, 6.45) is 0.598. The van der Waals surface area contributed by atoms with E-state index in [-0.39, 0.29) is 11.4 Å². The van der Waals surface area contributed by atoms with Crippen molar-refractivity contribution in [2.75, 3.05) is 13.2 Å². The normalized spacial score (nSPS) is 21.6. The van der Waals surface area contributed by atoms with Crippen molar-refractivity contribution in [3.8, 4) is 17.0 Å². The molecular formula is C15H16N2O4. The average Bonchev–Trinajstić information content (AvgIpc) is 2.86. The Morgan fingerprint density at radius 2 is 2.00 bits per heavy atom. The number of benzene rings is 1. The largest absolute Gasteiger partial charge is 0.494 e. The topological polar surface area (TPSA) is 84.3 Å². The van der Waals surface area contributed by atoms with Gasteiger partial charge in [0.1, 0.15) is 5.56 Å². The smallest absolute Gasteiger partial charge is 0.331 e. The average molecular weight is 288 g/mol. The van der Waals surface area contributed by atoms with Gasteiger partial charge in [0.05, 0.1) is 12.1 Å². The van der Waals surface area contributed by atoms with E-state index in [4.69, 9.17) is 4.74 Å². The lowest BCUT2D eigenvalue weighted by Crippen LogP contribution is -2.43. The fourth-order valence-corrected chi connectivity index (χ4v) is 2.72. The van der Waals surface area contributed by atoms with Gasteiger partial charge in [0.25, 0.3) is 5.56 Å². The Bertz CT molecular complexity index is 770. The van der Waals surface area contributed by atoms with Gasteiger partial charge in [0.15, 0.2) is 0 Å². The van der Waals surface area contributed by atoms with Gasteiger partial charge in [-0.25, -0.2) is 4.79 Å². The zero-order chi connectivity index (χ0) is 15.0. The highest BCUT2D eigenvalue weighted by atomic mass is 16.5. The van der Waals surface area contributed by atoms with E-state index in [9.17, 15) is 14.7 Å². The van der Waals surface area contributed by atoms with Crippen LogP contribution < -0.4 is 11.2 Å². The van der Waals surface area contributed by atoms with E-state index in [2.05, 4.69) is 4.98 Å². The molecule has 2 heterocycles. The summed E-state index contributed by atoms with van der Waals surface area (Å²) in [6, 6.07) is 8.78. The molecule has 1 aromatic heterocycles. The predicted molar refractivity (Wildman–Crippen MR) is 77.5 cm³/mol. The van der Waals surface area contributed by atoms with E-state index < -0.39 is 16.8 Å². The van der Waals surface area contributed by atoms with Crippen molar-refractivity contribution >= 4 is 0 Å². The van der Waals surface area contributed by atoms with Crippen LogP contribution in [-0.2, 0) is 10.3 Å². The molecule has 0 amide bonds. The highest BCUT2D eigenvalue weighted by molar-refractivity contribution is 5.67. The molecule has 2 aromatic rings. The SMILES string of the molecule is CC1(n2c(O)c(-c3ccccc3)c(=O)[nH]c2=O)CCOC1. The Morgan fingerprint density at radius 3 is 2.62 bits per heavy atom. The molecule has 1 unspecified atom stereocenters. The second kappa shape index (κ2) is 4.89. The summed E-state index contributed by atoms with van der Waals surface area (Å²) in [4.78, 5) is 26.5. The quantitative estimate of drug-likeness (QED) is 0.865. The minimum absolute atomic E-state index is 0.100. The molecule has 1 saturated heterocycles. The van der Waals surface area contributed by atoms with Crippen LogP contribution in [0.5, 0.6) is 5.88 Å². The Hall–Kier alpha value is -2.34. The first-order chi connectivity index (χ1) is 10.0. The summed E-state index contributed by atoms with van der Waals surface area (Å²) in [5, 5.41) is 10.5. The number of ether oxygens (including phenoxy) is 1. The van der Waals surface area contributed by atoms with Crippen molar-refractivity contribution < 1.29 is 9.84 Å². The summed E-state index contributed by atoms with van der Waals surface area (Å²) < 4.78 is 6.56. The van der Waals surface area contributed by atoms with Gasteiger partial charge in [-0.15, -0.1) is 0 Å². The van der Waals surface area contributed by atoms with Gasteiger partial charge in [-0.3, -0.25) is 14.3 Å². The lowest BCUT2D eigenvalue weighted by molar-refractivity contribution is 0.154. The van der Waals surface area contributed by atoms with Gasteiger partial charge in [0.2, 0.25) is 5.88 Å². The van der Waals surface area contributed by atoms with Crippen molar-refractivity contribution in [1.82, 2.24) is 9.55 Å². The van der Waals surface area contributed by atoms with Crippen molar-refractivity contribution in [3.63, 3.8) is 0 Å². The summed E-state index contributed by atoms with van der Waals surface area (Å²) >= 11 is 0. The van der Waals surface area contributed by atoms with Gasteiger partial charge in [0, 0.05) is 6.61 Å². The van der Waals surface area contributed by atoms with Crippen LogP contribution in [0.25, 0.3) is 11.1 Å². The van der Waals surface area contributed by atoms with Crippen LogP contribution in [0.2, 0.25) is 0 Å². The van der Waals surface area contributed by atoms with Crippen LogP contribution in [0.4, 0.5) is 0 Å². The Labute approximate surface area is 120 Å². The fourth-order valence-electron chi connectivity index (χ4n) is 2.72. The highest BCUT2D eigenvalue weighted by Gasteiger charge is 2.36. The minimum Gasteiger partial charge on any atom is -0.494 e. The summed E-state index contributed by atoms with van der Waals surface area (Å²) in [7, 11) is 0. The Kier molecular flexibility index (Phi) is 3.17. The van der Waals surface area contributed by atoms with Gasteiger partial charge >= 0.3 is 5.69 Å². The fraction of sp³-hybridized carbons (Fsp3) is 0.333. The molecule has 0 radical (unpaired) electrons. The minimum atomic E-state index is -0.658. The van der Waals surface area contributed by atoms with Crippen molar-refractivity contribution in [2.45, 2.75) is 18.9 Å². The van der Waals surface area contributed by atoms with Crippen LogP contribution >= 0.6 is 0 Å². The third-order valence-corrected chi connectivity index (χ3v) is 3.89. The maximum Gasteiger partial charge on any atom is 0.331 e. The maximum atomic E-state index is 12.1. The molecule has 110 valence electrons. The first-order valence-corrected chi connectivity index (χ1v) is 6.75. The zero-order valence-electron chi connectivity index (χ0n) is 11.6. The lowest BCUT2D eigenvalue weighted by Gasteiger charge is -2.26.